The fourth-order valence-corrected chi connectivity index (χ4v) is 1.46. The van der Waals surface area contributed by atoms with Gasteiger partial charge in [-0.1, -0.05) is 29.8 Å². The standard InChI is InChI=1S/C13H19NO/c1-9(2)8-14-11(4)12-7-10(3)5-6-13(12)15/h5-7,11,14-15H,1,8H2,2-4H3. The summed E-state index contributed by atoms with van der Waals surface area (Å²) in [6.07, 6.45) is 0. The number of nitrogens with one attached hydrogen (secondary N) is 1. The maximum Gasteiger partial charge on any atom is 0.120 e. The van der Waals surface area contributed by atoms with Crippen LogP contribution in [0.15, 0.2) is 30.4 Å². The Morgan fingerprint density at radius 2 is 2.20 bits per heavy atom. The molecule has 0 saturated carbocycles. The van der Waals surface area contributed by atoms with E-state index < -0.39 is 0 Å². The zero-order chi connectivity index (χ0) is 11.4. The highest BCUT2D eigenvalue weighted by molar-refractivity contribution is 5.37. The van der Waals surface area contributed by atoms with Gasteiger partial charge in [0, 0.05) is 18.2 Å². The molecule has 2 N–H and O–H groups in total. The minimum Gasteiger partial charge on any atom is -0.508 e. The van der Waals surface area contributed by atoms with Crippen molar-refractivity contribution in [1.82, 2.24) is 5.32 Å². The highest BCUT2D eigenvalue weighted by Crippen LogP contribution is 2.24. The van der Waals surface area contributed by atoms with Crippen LogP contribution in [0, 0.1) is 6.92 Å². The van der Waals surface area contributed by atoms with Crippen molar-refractivity contribution in [3.05, 3.63) is 41.5 Å². The summed E-state index contributed by atoms with van der Waals surface area (Å²) in [5.74, 6) is 0.349. The average molecular weight is 205 g/mol. The lowest BCUT2D eigenvalue weighted by atomic mass is 10.0. The van der Waals surface area contributed by atoms with E-state index >= 15 is 0 Å². The first-order valence-corrected chi connectivity index (χ1v) is 5.18. The normalized spacial score (nSPS) is 12.5. The summed E-state index contributed by atoms with van der Waals surface area (Å²) in [6.45, 7) is 10.7. The SMILES string of the molecule is C=C(C)CNC(C)c1cc(C)ccc1O. The summed E-state index contributed by atoms with van der Waals surface area (Å²) in [7, 11) is 0. The second kappa shape index (κ2) is 4.99. The Bertz CT molecular complexity index is 358. The number of benzene rings is 1. The van der Waals surface area contributed by atoms with Gasteiger partial charge in [-0.05, 0) is 26.8 Å². The van der Waals surface area contributed by atoms with Crippen LogP contribution in [0.5, 0.6) is 5.75 Å². The predicted molar refractivity (Wildman–Crippen MR) is 64.1 cm³/mol. The first kappa shape index (κ1) is 11.8. The molecule has 1 aromatic carbocycles. The fourth-order valence-electron chi connectivity index (χ4n) is 1.46. The van der Waals surface area contributed by atoms with E-state index in [0.717, 1.165) is 23.2 Å². The smallest absolute Gasteiger partial charge is 0.120 e. The van der Waals surface area contributed by atoms with Crippen molar-refractivity contribution in [3.63, 3.8) is 0 Å². The molecule has 0 aliphatic heterocycles. The van der Waals surface area contributed by atoms with Crippen molar-refractivity contribution in [2.24, 2.45) is 0 Å². The van der Waals surface area contributed by atoms with Gasteiger partial charge < -0.3 is 10.4 Å². The van der Waals surface area contributed by atoms with Crippen molar-refractivity contribution in [2.75, 3.05) is 6.54 Å². The van der Waals surface area contributed by atoms with Crippen LogP contribution in [0.3, 0.4) is 0 Å². The number of phenols is 1. The van der Waals surface area contributed by atoms with Crippen molar-refractivity contribution >= 4 is 0 Å². The molecule has 0 saturated heterocycles. The number of hydrogen-bond acceptors (Lipinski definition) is 2. The third-order valence-electron chi connectivity index (χ3n) is 2.36. The molecule has 0 amide bonds. The van der Waals surface area contributed by atoms with Crippen molar-refractivity contribution in [3.8, 4) is 5.75 Å². The lowest BCUT2D eigenvalue weighted by molar-refractivity contribution is 0.455. The summed E-state index contributed by atoms with van der Waals surface area (Å²) < 4.78 is 0. The quantitative estimate of drug-likeness (QED) is 0.741. The van der Waals surface area contributed by atoms with Crippen LogP contribution >= 0.6 is 0 Å². The zero-order valence-corrected chi connectivity index (χ0v) is 9.67. The van der Waals surface area contributed by atoms with Gasteiger partial charge in [-0.15, -0.1) is 0 Å². The Hall–Kier alpha value is -1.28. The highest BCUT2D eigenvalue weighted by Gasteiger charge is 2.09. The van der Waals surface area contributed by atoms with Gasteiger partial charge in [0.05, 0.1) is 0 Å². The molecule has 1 rings (SSSR count). The van der Waals surface area contributed by atoms with Gasteiger partial charge in [-0.25, -0.2) is 0 Å². The van der Waals surface area contributed by atoms with Gasteiger partial charge in [0.15, 0.2) is 0 Å². The number of aryl methyl sites for hydroxylation is 1. The molecule has 0 bridgehead atoms. The maximum absolute atomic E-state index is 9.71. The van der Waals surface area contributed by atoms with Gasteiger partial charge >= 0.3 is 0 Å². The molecular formula is C13H19NO. The molecule has 0 radical (unpaired) electrons. The Labute approximate surface area is 91.6 Å². The molecule has 0 heterocycles. The van der Waals surface area contributed by atoms with Gasteiger partial charge in [0.2, 0.25) is 0 Å². The second-order valence-electron chi connectivity index (χ2n) is 4.12. The number of rotatable bonds is 4. The van der Waals surface area contributed by atoms with Crippen LogP contribution in [0.1, 0.15) is 31.0 Å². The van der Waals surface area contributed by atoms with Gasteiger partial charge in [0.25, 0.3) is 0 Å². The molecule has 1 atom stereocenters. The molecule has 0 fully saturated rings. The Balaban J connectivity index is 2.76. The number of phenolic OH excluding ortho intramolecular Hbond substituents is 1. The van der Waals surface area contributed by atoms with E-state index in [2.05, 4.69) is 11.9 Å². The summed E-state index contributed by atoms with van der Waals surface area (Å²) >= 11 is 0. The van der Waals surface area contributed by atoms with E-state index in [4.69, 9.17) is 0 Å². The zero-order valence-electron chi connectivity index (χ0n) is 9.67. The molecule has 0 aliphatic carbocycles. The van der Waals surface area contributed by atoms with Crippen LogP contribution in [0.4, 0.5) is 0 Å². The summed E-state index contributed by atoms with van der Waals surface area (Å²) in [6, 6.07) is 5.79. The summed E-state index contributed by atoms with van der Waals surface area (Å²) in [4.78, 5) is 0. The third kappa shape index (κ3) is 3.40. The molecule has 15 heavy (non-hydrogen) atoms. The van der Waals surface area contributed by atoms with E-state index in [1.54, 1.807) is 6.07 Å². The van der Waals surface area contributed by atoms with E-state index in [1.807, 2.05) is 32.9 Å². The van der Waals surface area contributed by atoms with Crippen LogP contribution in [-0.4, -0.2) is 11.7 Å². The van der Waals surface area contributed by atoms with Crippen LogP contribution in [0.25, 0.3) is 0 Å². The Kier molecular flexibility index (Phi) is 3.92. The molecule has 2 heteroatoms. The largest absolute Gasteiger partial charge is 0.508 e. The van der Waals surface area contributed by atoms with Gasteiger partial charge in [-0.3, -0.25) is 0 Å². The first-order valence-electron chi connectivity index (χ1n) is 5.18. The molecule has 0 aromatic heterocycles. The maximum atomic E-state index is 9.71. The van der Waals surface area contributed by atoms with Crippen molar-refractivity contribution in [1.29, 1.82) is 0 Å². The topological polar surface area (TPSA) is 32.3 Å². The number of aromatic hydroxyl groups is 1. The van der Waals surface area contributed by atoms with E-state index in [-0.39, 0.29) is 6.04 Å². The minimum absolute atomic E-state index is 0.140. The fraction of sp³-hybridized carbons (Fsp3) is 0.385. The summed E-state index contributed by atoms with van der Waals surface area (Å²) in [5.41, 5.74) is 3.19. The molecule has 1 unspecified atom stereocenters. The Morgan fingerprint density at radius 3 is 2.80 bits per heavy atom. The monoisotopic (exact) mass is 205 g/mol. The second-order valence-corrected chi connectivity index (χ2v) is 4.12. The van der Waals surface area contributed by atoms with E-state index in [0.29, 0.717) is 5.75 Å². The summed E-state index contributed by atoms with van der Waals surface area (Å²) in [5, 5.41) is 13.0. The molecule has 2 nitrogen and oxygen atoms in total. The average Bonchev–Trinajstić information content (AvgIpc) is 2.18. The lowest BCUT2D eigenvalue weighted by Gasteiger charge is -2.16. The highest BCUT2D eigenvalue weighted by atomic mass is 16.3. The minimum atomic E-state index is 0.140. The van der Waals surface area contributed by atoms with Crippen molar-refractivity contribution < 1.29 is 5.11 Å². The van der Waals surface area contributed by atoms with E-state index in [1.165, 1.54) is 0 Å². The Morgan fingerprint density at radius 1 is 1.53 bits per heavy atom. The van der Waals surface area contributed by atoms with Gasteiger partial charge in [-0.2, -0.15) is 0 Å². The lowest BCUT2D eigenvalue weighted by Crippen LogP contribution is -2.20. The van der Waals surface area contributed by atoms with Crippen molar-refractivity contribution in [2.45, 2.75) is 26.8 Å². The van der Waals surface area contributed by atoms with Crippen LogP contribution in [0.2, 0.25) is 0 Å². The molecular weight excluding hydrogens is 186 g/mol. The molecule has 82 valence electrons. The van der Waals surface area contributed by atoms with Crippen LogP contribution in [-0.2, 0) is 0 Å². The third-order valence-corrected chi connectivity index (χ3v) is 2.36. The number of hydrogen-bond donors (Lipinski definition) is 2. The molecule has 0 spiro atoms. The van der Waals surface area contributed by atoms with Gasteiger partial charge in [0.1, 0.15) is 5.75 Å². The van der Waals surface area contributed by atoms with Crippen LogP contribution < -0.4 is 5.32 Å². The van der Waals surface area contributed by atoms with E-state index in [9.17, 15) is 5.11 Å². The first-order chi connectivity index (χ1) is 7.00. The molecule has 1 aromatic rings. The predicted octanol–water partition coefficient (Wildman–Crippen LogP) is 2.93. The molecule has 0 aliphatic rings.